The molecule has 0 heterocycles. The van der Waals surface area contributed by atoms with Gasteiger partial charge >= 0.3 is 11.9 Å². The Hall–Kier alpha value is -5.83. The topological polar surface area (TPSA) is 89.5 Å². The molecule has 0 aliphatic rings. The molecule has 0 aliphatic carbocycles. The van der Waals surface area contributed by atoms with Crippen LogP contribution in [0.25, 0.3) is 11.1 Å². The summed E-state index contributed by atoms with van der Waals surface area (Å²) in [6.07, 6.45) is 1.92. The van der Waals surface area contributed by atoms with E-state index in [1.54, 1.807) is 48.5 Å². The molecule has 8 nitrogen and oxygen atoms in total. The lowest BCUT2D eigenvalue weighted by atomic mass is 10.00. The minimum atomic E-state index is -0.430. The highest BCUT2D eigenvalue weighted by Gasteiger charge is 2.15. The van der Waals surface area contributed by atoms with Crippen LogP contribution >= 0.6 is 0 Å². The fourth-order valence-corrected chi connectivity index (χ4v) is 5.34. The number of carbonyl (C=O) groups is 2. The summed E-state index contributed by atoms with van der Waals surface area (Å²) in [5.74, 6) is 1.95. The first kappa shape index (κ1) is 36.5. The summed E-state index contributed by atoms with van der Waals surface area (Å²) in [5, 5.41) is 0. The quantitative estimate of drug-likeness (QED) is 0.0704. The number of aryl methyl sites for hydroxylation is 2. The highest BCUT2D eigenvalue weighted by molar-refractivity contribution is 5.89. The third-order valence-corrected chi connectivity index (χ3v) is 8.12. The third-order valence-electron chi connectivity index (χ3n) is 8.12. The van der Waals surface area contributed by atoms with Crippen molar-refractivity contribution in [3.63, 3.8) is 0 Å². The van der Waals surface area contributed by atoms with Crippen LogP contribution in [-0.2, 0) is 33.7 Å². The Kier molecular flexibility index (Phi) is 13.0. The smallest absolute Gasteiger partial charge is 0.337 e. The van der Waals surface area contributed by atoms with Crippen molar-refractivity contribution in [2.75, 3.05) is 27.4 Å². The second-order valence-electron chi connectivity index (χ2n) is 11.6. The predicted molar refractivity (Wildman–Crippen MR) is 192 cm³/mol. The summed E-state index contributed by atoms with van der Waals surface area (Å²) in [5.41, 5.74) is 4.98. The van der Waals surface area contributed by atoms with Gasteiger partial charge in [0.2, 0.25) is 0 Å². The Balaban J connectivity index is 1.27. The van der Waals surface area contributed by atoms with Crippen molar-refractivity contribution in [3.05, 3.63) is 137 Å². The molecule has 264 valence electrons. The van der Waals surface area contributed by atoms with Crippen LogP contribution in [0.5, 0.6) is 28.7 Å². The van der Waals surface area contributed by atoms with Crippen molar-refractivity contribution >= 4 is 11.9 Å². The molecule has 0 saturated heterocycles. The van der Waals surface area contributed by atoms with E-state index in [0.29, 0.717) is 67.0 Å². The number of ether oxygens (including phenoxy) is 6. The summed E-state index contributed by atoms with van der Waals surface area (Å²) in [6.45, 7) is 3.15. The molecule has 0 N–H and O–H groups in total. The molecule has 0 radical (unpaired) electrons. The summed E-state index contributed by atoms with van der Waals surface area (Å²) in [4.78, 5) is 23.7. The summed E-state index contributed by atoms with van der Waals surface area (Å²) in [7, 11) is 2.69. The maximum atomic E-state index is 13.8. The van der Waals surface area contributed by atoms with E-state index in [9.17, 15) is 14.0 Å². The zero-order valence-corrected chi connectivity index (χ0v) is 29.0. The van der Waals surface area contributed by atoms with Crippen LogP contribution in [0, 0.1) is 5.82 Å². The fraction of sp³-hybridized carbons (Fsp3) is 0.238. The lowest BCUT2D eigenvalue weighted by Crippen LogP contribution is -2.08. The molecule has 0 saturated carbocycles. The summed E-state index contributed by atoms with van der Waals surface area (Å²) >= 11 is 0. The normalized spacial score (nSPS) is 10.7. The molecule has 0 bridgehead atoms. The van der Waals surface area contributed by atoms with Gasteiger partial charge in [-0.1, -0.05) is 55.5 Å². The van der Waals surface area contributed by atoms with Crippen molar-refractivity contribution in [2.45, 2.75) is 39.2 Å². The van der Waals surface area contributed by atoms with Crippen LogP contribution < -0.4 is 18.9 Å². The largest absolute Gasteiger partial charge is 0.493 e. The first-order chi connectivity index (χ1) is 24.9. The van der Waals surface area contributed by atoms with Crippen molar-refractivity contribution in [2.24, 2.45) is 0 Å². The maximum absolute atomic E-state index is 13.8. The van der Waals surface area contributed by atoms with Crippen molar-refractivity contribution < 1.29 is 42.4 Å². The molecule has 0 aliphatic heterocycles. The number of methoxy groups -OCH3 is 2. The minimum absolute atomic E-state index is 0.202. The second kappa shape index (κ2) is 18.2. The van der Waals surface area contributed by atoms with E-state index in [0.717, 1.165) is 34.2 Å². The van der Waals surface area contributed by atoms with E-state index in [1.807, 2.05) is 48.5 Å². The number of rotatable bonds is 17. The van der Waals surface area contributed by atoms with Crippen molar-refractivity contribution in [3.8, 4) is 39.9 Å². The Morgan fingerprint density at radius 3 is 2.02 bits per heavy atom. The van der Waals surface area contributed by atoms with E-state index < -0.39 is 5.97 Å². The van der Waals surface area contributed by atoms with Gasteiger partial charge < -0.3 is 28.4 Å². The third kappa shape index (κ3) is 10.3. The van der Waals surface area contributed by atoms with Gasteiger partial charge in [0.05, 0.1) is 33.0 Å². The fourth-order valence-electron chi connectivity index (χ4n) is 5.34. The summed E-state index contributed by atoms with van der Waals surface area (Å²) in [6, 6.07) is 32.3. The molecule has 0 amide bonds. The molecule has 0 fully saturated rings. The van der Waals surface area contributed by atoms with Gasteiger partial charge in [-0.25, -0.2) is 9.18 Å². The lowest BCUT2D eigenvalue weighted by Gasteiger charge is -2.18. The van der Waals surface area contributed by atoms with E-state index >= 15 is 0 Å². The SMILES string of the molecule is CCc1cc(-c2ccc(F)cc2)c(OCc2ccccc2)cc1OCCCOc1cc(Oc2ccc(C(=O)OC)cc2)ccc1CCC(=O)OC. The number of carbonyl (C=O) groups excluding carboxylic acids is 2. The van der Waals surface area contributed by atoms with Gasteiger partial charge in [-0.15, -0.1) is 0 Å². The molecular weight excluding hydrogens is 651 g/mol. The number of esters is 2. The van der Waals surface area contributed by atoms with Gasteiger partial charge in [0.15, 0.2) is 0 Å². The summed E-state index contributed by atoms with van der Waals surface area (Å²) < 4.78 is 48.2. The first-order valence-corrected chi connectivity index (χ1v) is 16.8. The second-order valence-corrected chi connectivity index (χ2v) is 11.6. The van der Waals surface area contributed by atoms with E-state index in [-0.39, 0.29) is 18.2 Å². The van der Waals surface area contributed by atoms with Crippen LogP contribution in [0.2, 0.25) is 0 Å². The lowest BCUT2D eigenvalue weighted by molar-refractivity contribution is -0.140. The zero-order valence-electron chi connectivity index (χ0n) is 29.0. The van der Waals surface area contributed by atoms with Gasteiger partial charge in [0.25, 0.3) is 0 Å². The minimum Gasteiger partial charge on any atom is -0.493 e. The average molecular weight is 693 g/mol. The molecule has 0 unspecified atom stereocenters. The Labute approximate surface area is 297 Å². The molecule has 0 aromatic heterocycles. The molecule has 5 rings (SSSR count). The zero-order chi connectivity index (χ0) is 36.0. The molecule has 9 heteroatoms. The van der Waals surface area contributed by atoms with Gasteiger partial charge in [-0.3, -0.25) is 4.79 Å². The molecule has 0 atom stereocenters. The van der Waals surface area contributed by atoms with Crippen LogP contribution in [0.15, 0.2) is 109 Å². The van der Waals surface area contributed by atoms with Gasteiger partial charge in [0.1, 0.15) is 41.2 Å². The van der Waals surface area contributed by atoms with Crippen LogP contribution in [-0.4, -0.2) is 39.4 Å². The Morgan fingerprint density at radius 1 is 0.667 bits per heavy atom. The van der Waals surface area contributed by atoms with Crippen molar-refractivity contribution in [1.29, 1.82) is 0 Å². The van der Waals surface area contributed by atoms with Crippen molar-refractivity contribution in [1.82, 2.24) is 0 Å². The number of hydrogen-bond acceptors (Lipinski definition) is 8. The van der Waals surface area contributed by atoms with Gasteiger partial charge in [-0.2, -0.15) is 0 Å². The Bertz CT molecular complexity index is 1890. The Morgan fingerprint density at radius 2 is 1.35 bits per heavy atom. The highest BCUT2D eigenvalue weighted by atomic mass is 19.1. The average Bonchev–Trinajstić information content (AvgIpc) is 3.17. The van der Waals surface area contributed by atoms with E-state index in [4.69, 9.17) is 28.4 Å². The molecule has 5 aromatic carbocycles. The predicted octanol–water partition coefficient (Wildman–Crippen LogP) is 9.17. The monoisotopic (exact) mass is 692 g/mol. The van der Waals surface area contributed by atoms with Crippen LogP contribution in [0.1, 0.15) is 46.8 Å². The number of halogens is 1. The standard InChI is InChI=1S/C42H41FO8/c1-4-30-25-37(31-11-17-34(43)18-12-31)40(50-28-29-9-6-5-7-10-29)27-39(30)49-24-8-23-48-38-26-36(21-13-32(38)16-22-41(44)46-2)51-35-19-14-33(15-20-35)42(45)47-3/h5-7,9-15,17-21,25-27H,4,8,16,22-24,28H2,1-3H3. The molecular formula is C42H41FO8. The number of hydrogen-bond donors (Lipinski definition) is 0. The van der Waals surface area contributed by atoms with Crippen LogP contribution in [0.3, 0.4) is 0 Å². The maximum Gasteiger partial charge on any atom is 0.337 e. The first-order valence-electron chi connectivity index (χ1n) is 16.8. The molecule has 51 heavy (non-hydrogen) atoms. The van der Waals surface area contributed by atoms with Gasteiger partial charge in [-0.05, 0) is 83.6 Å². The molecule has 0 spiro atoms. The van der Waals surface area contributed by atoms with Crippen LogP contribution in [0.4, 0.5) is 4.39 Å². The highest BCUT2D eigenvalue weighted by Crippen LogP contribution is 2.37. The molecule has 5 aromatic rings. The van der Waals surface area contributed by atoms with E-state index in [1.165, 1.54) is 26.4 Å². The van der Waals surface area contributed by atoms with E-state index in [2.05, 4.69) is 6.92 Å². The van der Waals surface area contributed by atoms with Gasteiger partial charge in [0, 0.05) is 30.5 Å². The number of benzene rings is 5.